The van der Waals surface area contributed by atoms with Gasteiger partial charge in [0, 0.05) is 12.2 Å². The molecular formula is C18H20FN3O3. The highest BCUT2D eigenvalue weighted by Gasteiger charge is 2.14. The van der Waals surface area contributed by atoms with E-state index in [4.69, 9.17) is 9.62 Å². The fourth-order valence-electron chi connectivity index (χ4n) is 2.75. The van der Waals surface area contributed by atoms with Gasteiger partial charge in [0.1, 0.15) is 31.0 Å². The molecule has 0 unspecified atom stereocenters. The Morgan fingerprint density at radius 1 is 1.16 bits per heavy atom. The second-order valence-electron chi connectivity index (χ2n) is 5.46. The van der Waals surface area contributed by atoms with Crippen LogP contribution in [0.2, 0.25) is 0 Å². The Kier molecular flexibility index (Phi) is 5.57. The molecule has 0 radical (unpaired) electrons. The summed E-state index contributed by atoms with van der Waals surface area (Å²) >= 11 is 0. The van der Waals surface area contributed by atoms with Crippen LogP contribution >= 0.6 is 0 Å². The fourth-order valence-corrected chi connectivity index (χ4v) is 2.75. The van der Waals surface area contributed by atoms with Gasteiger partial charge in [0.25, 0.3) is 0 Å². The van der Waals surface area contributed by atoms with E-state index in [1.54, 1.807) is 6.07 Å². The van der Waals surface area contributed by atoms with E-state index in [9.17, 15) is 4.39 Å². The number of nitrogens with zero attached hydrogens (tertiary/aromatic N) is 3. The molecule has 1 aromatic carbocycles. The Bertz CT molecular complexity index is 851. The Hall–Kier alpha value is -2.51. The van der Waals surface area contributed by atoms with Crippen molar-refractivity contribution in [3.63, 3.8) is 0 Å². The lowest BCUT2D eigenvalue weighted by atomic mass is 10.2. The second kappa shape index (κ2) is 8.04. The number of aromatic nitrogens is 3. The van der Waals surface area contributed by atoms with Gasteiger partial charge in [-0.2, -0.15) is 0 Å². The van der Waals surface area contributed by atoms with Crippen molar-refractivity contribution in [1.29, 1.82) is 0 Å². The van der Waals surface area contributed by atoms with Crippen molar-refractivity contribution in [3.05, 3.63) is 53.7 Å². The van der Waals surface area contributed by atoms with Crippen molar-refractivity contribution >= 4 is 11.0 Å². The van der Waals surface area contributed by atoms with E-state index in [0.717, 1.165) is 28.7 Å². The highest BCUT2D eigenvalue weighted by Crippen LogP contribution is 2.26. The van der Waals surface area contributed by atoms with Crippen molar-refractivity contribution in [2.75, 3.05) is 20.3 Å². The minimum absolute atomic E-state index is 0.246. The first-order chi connectivity index (χ1) is 12.2. The van der Waals surface area contributed by atoms with Crippen LogP contribution < -0.4 is 4.74 Å². The van der Waals surface area contributed by atoms with Crippen LogP contribution in [0.5, 0.6) is 5.88 Å². The van der Waals surface area contributed by atoms with Crippen LogP contribution in [0.4, 0.5) is 4.39 Å². The highest BCUT2D eigenvalue weighted by atomic mass is 19.1. The molecule has 0 saturated carbocycles. The van der Waals surface area contributed by atoms with Crippen molar-refractivity contribution < 1.29 is 18.9 Å². The molecule has 0 aliphatic carbocycles. The SMILES string of the molecule is CCc1cc2c(OCCOOC)ncnc2n1Cc1cccc(F)c1. The number of hydrogen-bond donors (Lipinski definition) is 0. The molecule has 0 saturated heterocycles. The van der Waals surface area contributed by atoms with Crippen molar-refractivity contribution in [1.82, 2.24) is 14.5 Å². The number of benzene rings is 1. The predicted octanol–water partition coefficient (Wildman–Crippen LogP) is 3.14. The molecule has 0 aliphatic heterocycles. The molecule has 25 heavy (non-hydrogen) atoms. The summed E-state index contributed by atoms with van der Waals surface area (Å²) in [7, 11) is 1.45. The van der Waals surface area contributed by atoms with Gasteiger partial charge in [-0.15, -0.1) is 0 Å². The summed E-state index contributed by atoms with van der Waals surface area (Å²) in [4.78, 5) is 17.9. The van der Waals surface area contributed by atoms with Gasteiger partial charge in [-0.1, -0.05) is 19.1 Å². The molecule has 2 heterocycles. The maximum atomic E-state index is 13.5. The summed E-state index contributed by atoms with van der Waals surface area (Å²) in [6.07, 6.45) is 2.29. The number of hydrogen-bond acceptors (Lipinski definition) is 5. The zero-order valence-electron chi connectivity index (χ0n) is 14.2. The highest BCUT2D eigenvalue weighted by molar-refractivity contribution is 5.82. The largest absolute Gasteiger partial charge is 0.475 e. The zero-order valence-corrected chi connectivity index (χ0v) is 14.2. The summed E-state index contributed by atoms with van der Waals surface area (Å²) in [5.41, 5.74) is 2.72. The van der Waals surface area contributed by atoms with Crippen molar-refractivity contribution in [2.45, 2.75) is 19.9 Å². The van der Waals surface area contributed by atoms with Gasteiger partial charge >= 0.3 is 0 Å². The molecule has 0 fully saturated rings. The number of fused-ring (bicyclic) bond motifs is 1. The number of halogens is 1. The molecule has 7 heteroatoms. The molecule has 3 aromatic rings. The first kappa shape index (κ1) is 17.3. The van der Waals surface area contributed by atoms with Crippen molar-refractivity contribution in [3.8, 4) is 5.88 Å². The summed E-state index contributed by atoms with van der Waals surface area (Å²) < 4.78 is 21.2. The molecule has 6 nitrogen and oxygen atoms in total. The fraction of sp³-hybridized carbons (Fsp3) is 0.333. The maximum absolute atomic E-state index is 13.5. The Morgan fingerprint density at radius 3 is 2.80 bits per heavy atom. The lowest BCUT2D eigenvalue weighted by Crippen LogP contribution is -2.08. The molecule has 132 valence electrons. The molecule has 0 bridgehead atoms. The second-order valence-corrected chi connectivity index (χ2v) is 5.46. The van der Waals surface area contributed by atoms with Gasteiger partial charge in [0.15, 0.2) is 0 Å². The Morgan fingerprint density at radius 2 is 2.04 bits per heavy atom. The molecule has 0 amide bonds. The van der Waals surface area contributed by atoms with E-state index in [0.29, 0.717) is 25.6 Å². The molecule has 3 rings (SSSR count). The van der Waals surface area contributed by atoms with E-state index in [2.05, 4.69) is 26.3 Å². The number of ether oxygens (including phenoxy) is 1. The van der Waals surface area contributed by atoms with Gasteiger partial charge in [-0.25, -0.2) is 24.1 Å². The summed E-state index contributed by atoms with van der Waals surface area (Å²) in [5.74, 6) is 0.251. The smallest absolute Gasteiger partial charge is 0.226 e. The third kappa shape index (κ3) is 3.94. The lowest BCUT2D eigenvalue weighted by Gasteiger charge is -2.10. The van der Waals surface area contributed by atoms with Gasteiger partial charge < -0.3 is 9.30 Å². The molecule has 0 spiro atoms. The predicted molar refractivity (Wildman–Crippen MR) is 90.9 cm³/mol. The maximum Gasteiger partial charge on any atom is 0.226 e. The standard InChI is InChI=1S/C18H20FN3O3/c1-3-15-10-16-17(20-12-21-18(16)24-7-8-25-23-2)22(15)11-13-5-4-6-14(19)9-13/h4-6,9-10,12H,3,7-8,11H2,1-2H3. The zero-order chi connectivity index (χ0) is 17.6. The average molecular weight is 345 g/mol. The summed E-state index contributed by atoms with van der Waals surface area (Å²) in [5, 5.41) is 0.827. The third-order valence-corrected chi connectivity index (χ3v) is 3.85. The van der Waals surface area contributed by atoms with Crippen molar-refractivity contribution in [2.24, 2.45) is 0 Å². The molecule has 0 aliphatic rings. The number of aryl methyl sites for hydroxylation is 1. The quantitative estimate of drug-likeness (QED) is 0.357. The van der Waals surface area contributed by atoms with E-state index in [-0.39, 0.29) is 5.82 Å². The van der Waals surface area contributed by atoms with E-state index < -0.39 is 0 Å². The van der Waals surface area contributed by atoms with Gasteiger partial charge in [0.2, 0.25) is 5.88 Å². The monoisotopic (exact) mass is 345 g/mol. The minimum Gasteiger partial charge on any atom is -0.475 e. The minimum atomic E-state index is -0.246. The van der Waals surface area contributed by atoms with Crippen LogP contribution in [0, 0.1) is 5.82 Å². The van der Waals surface area contributed by atoms with Gasteiger partial charge in [-0.3, -0.25) is 0 Å². The Balaban J connectivity index is 1.92. The Labute approximate surface area is 145 Å². The van der Waals surface area contributed by atoms with Crippen LogP contribution in [-0.4, -0.2) is 34.9 Å². The lowest BCUT2D eigenvalue weighted by molar-refractivity contribution is -0.275. The third-order valence-electron chi connectivity index (χ3n) is 3.85. The van der Waals surface area contributed by atoms with Crippen LogP contribution in [0.3, 0.4) is 0 Å². The molecule has 2 aromatic heterocycles. The topological polar surface area (TPSA) is 58.4 Å². The van der Waals surface area contributed by atoms with E-state index in [1.165, 1.54) is 25.6 Å². The number of rotatable bonds is 8. The van der Waals surface area contributed by atoms with Crippen LogP contribution in [0.25, 0.3) is 11.0 Å². The molecule has 0 atom stereocenters. The summed E-state index contributed by atoms with van der Waals surface area (Å²) in [6.45, 7) is 3.22. The van der Waals surface area contributed by atoms with Crippen LogP contribution in [-0.2, 0) is 22.7 Å². The summed E-state index contributed by atoms with van der Waals surface area (Å²) in [6, 6.07) is 8.59. The van der Waals surface area contributed by atoms with Crippen LogP contribution in [0.15, 0.2) is 36.7 Å². The van der Waals surface area contributed by atoms with Gasteiger partial charge in [0.05, 0.1) is 12.5 Å². The first-order valence-corrected chi connectivity index (χ1v) is 8.09. The molecule has 0 N–H and O–H groups in total. The van der Waals surface area contributed by atoms with Gasteiger partial charge in [-0.05, 0) is 30.2 Å². The first-order valence-electron chi connectivity index (χ1n) is 8.09. The van der Waals surface area contributed by atoms with E-state index in [1.807, 2.05) is 12.1 Å². The van der Waals surface area contributed by atoms with Crippen LogP contribution in [0.1, 0.15) is 18.2 Å². The molecular weight excluding hydrogens is 325 g/mol. The average Bonchev–Trinajstić information content (AvgIpc) is 2.97. The normalized spacial score (nSPS) is 11.2. The van der Waals surface area contributed by atoms with E-state index >= 15 is 0 Å².